The SMILES string of the molecule is CC(NC(=O)c1cc(C(=O)NCc2ccc(F)c(Nc3c(N)c(=O)c3=O)c2)nc2cc(=O)[nH]n12)C12CCC(C(=O)O)(CC1)CC2. The fourth-order valence-electron chi connectivity index (χ4n) is 6.61. The van der Waals surface area contributed by atoms with Gasteiger partial charge in [-0.3, -0.25) is 33.9 Å². The Kier molecular flexibility index (Phi) is 7.05. The molecule has 2 heterocycles. The van der Waals surface area contributed by atoms with Crippen molar-refractivity contribution in [1.82, 2.24) is 25.2 Å². The molecule has 1 atom stereocenters. The lowest BCUT2D eigenvalue weighted by atomic mass is 9.52. The number of aromatic amines is 1. The van der Waals surface area contributed by atoms with E-state index in [9.17, 15) is 38.3 Å². The Morgan fingerprint density at radius 1 is 1.04 bits per heavy atom. The van der Waals surface area contributed by atoms with Crippen LogP contribution in [0.25, 0.3) is 5.65 Å². The molecule has 7 N–H and O–H groups in total. The number of aliphatic carboxylic acids is 1. The van der Waals surface area contributed by atoms with Gasteiger partial charge >= 0.3 is 5.97 Å². The van der Waals surface area contributed by atoms with Crippen LogP contribution < -0.4 is 38.1 Å². The van der Waals surface area contributed by atoms with Gasteiger partial charge in [0.1, 0.15) is 28.6 Å². The molecule has 45 heavy (non-hydrogen) atoms. The van der Waals surface area contributed by atoms with E-state index in [1.807, 2.05) is 6.92 Å². The summed E-state index contributed by atoms with van der Waals surface area (Å²) in [7, 11) is 0. The molecule has 4 aromatic rings. The van der Waals surface area contributed by atoms with Crippen LogP contribution in [0.4, 0.5) is 21.5 Å². The number of nitrogens with two attached hydrogens (primary N) is 1. The molecular formula is C30H30FN7O7. The number of fused-ring (bicyclic) bond motifs is 4. The molecule has 0 aliphatic heterocycles. The van der Waals surface area contributed by atoms with Gasteiger partial charge in [-0.15, -0.1) is 0 Å². The molecule has 3 saturated carbocycles. The van der Waals surface area contributed by atoms with E-state index < -0.39 is 45.4 Å². The quantitative estimate of drug-likeness (QED) is 0.149. The highest BCUT2D eigenvalue weighted by Gasteiger charge is 2.54. The Balaban J connectivity index is 1.18. The zero-order chi connectivity index (χ0) is 32.3. The molecule has 2 bridgehead atoms. The van der Waals surface area contributed by atoms with Crippen molar-refractivity contribution in [2.24, 2.45) is 10.8 Å². The molecule has 14 nitrogen and oxygen atoms in total. The van der Waals surface area contributed by atoms with Crippen LogP contribution in [0.3, 0.4) is 0 Å². The molecule has 2 aromatic carbocycles. The predicted molar refractivity (Wildman–Crippen MR) is 160 cm³/mol. The van der Waals surface area contributed by atoms with E-state index in [1.54, 1.807) is 0 Å². The van der Waals surface area contributed by atoms with Crippen LogP contribution >= 0.6 is 0 Å². The summed E-state index contributed by atoms with van der Waals surface area (Å²) in [6, 6.07) is 5.96. The van der Waals surface area contributed by atoms with Crippen molar-refractivity contribution in [2.75, 3.05) is 11.1 Å². The summed E-state index contributed by atoms with van der Waals surface area (Å²) >= 11 is 0. The second-order valence-corrected chi connectivity index (χ2v) is 12.1. The van der Waals surface area contributed by atoms with Gasteiger partial charge in [-0.1, -0.05) is 6.07 Å². The molecule has 0 saturated heterocycles. The fourth-order valence-corrected chi connectivity index (χ4v) is 6.61. The maximum absolute atomic E-state index is 14.4. The number of nitrogen functional groups attached to an aromatic ring is 1. The number of carbonyl (C=O) groups is 3. The van der Waals surface area contributed by atoms with Gasteiger partial charge < -0.3 is 26.8 Å². The highest BCUT2D eigenvalue weighted by Crippen LogP contribution is 2.58. The van der Waals surface area contributed by atoms with Gasteiger partial charge in [0.05, 0.1) is 11.1 Å². The van der Waals surface area contributed by atoms with Gasteiger partial charge in [-0.25, -0.2) is 13.9 Å². The second kappa shape index (κ2) is 10.7. The maximum atomic E-state index is 14.4. The molecule has 1 unspecified atom stereocenters. The summed E-state index contributed by atoms with van der Waals surface area (Å²) in [6.07, 6.45) is 3.65. The number of amides is 2. The van der Waals surface area contributed by atoms with Crippen LogP contribution in [-0.2, 0) is 11.3 Å². The monoisotopic (exact) mass is 619 g/mol. The first kappa shape index (κ1) is 29.7. The van der Waals surface area contributed by atoms with Crippen LogP contribution in [0.2, 0.25) is 0 Å². The van der Waals surface area contributed by atoms with Crippen LogP contribution in [0.1, 0.15) is 72.0 Å². The molecule has 15 heteroatoms. The van der Waals surface area contributed by atoms with Gasteiger partial charge in [-0.05, 0) is 68.6 Å². The van der Waals surface area contributed by atoms with Gasteiger partial charge in [0.15, 0.2) is 5.65 Å². The molecular weight excluding hydrogens is 589 g/mol. The van der Waals surface area contributed by atoms with Crippen molar-refractivity contribution >= 4 is 40.5 Å². The topological polar surface area (TPSA) is 218 Å². The van der Waals surface area contributed by atoms with Crippen molar-refractivity contribution in [3.8, 4) is 0 Å². The highest BCUT2D eigenvalue weighted by molar-refractivity contribution is 5.98. The summed E-state index contributed by atoms with van der Waals surface area (Å²) in [6.45, 7) is 1.79. The first-order valence-electron chi connectivity index (χ1n) is 14.4. The molecule has 3 aliphatic carbocycles. The Morgan fingerprint density at radius 2 is 1.73 bits per heavy atom. The average molecular weight is 620 g/mol. The number of carbonyl (C=O) groups excluding carboxylic acids is 2. The number of nitrogens with one attached hydrogen (secondary N) is 4. The number of H-pyrrole nitrogens is 1. The standard InChI is InChI=1S/C30H30FN7O7/c1-14(29-4-7-30(8-5-29,9-6-29)28(44)45)34-27(43)19-11-18(35-20-12-21(39)37-38(19)20)26(42)33-13-15-2-3-16(31)17(10-15)36-23-22(32)24(40)25(23)41/h2-3,10-12,14,36H,4-9,13,32H2,1H3,(H,33,42)(H,34,43)(H,37,39)(H,44,45). The number of halogens is 1. The Morgan fingerprint density at radius 3 is 2.38 bits per heavy atom. The minimum Gasteiger partial charge on any atom is -0.481 e. The van der Waals surface area contributed by atoms with Crippen molar-refractivity contribution in [3.63, 3.8) is 0 Å². The normalized spacial score (nSPS) is 21.5. The summed E-state index contributed by atoms with van der Waals surface area (Å²) in [5, 5.41) is 20.4. The number of carboxylic acid groups (broad SMARTS) is 1. The third-order valence-electron chi connectivity index (χ3n) is 9.64. The first-order valence-corrected chi connectivity index (χ1v) is 14.4. The third-order valence-corrected chi connectivity index (χ3v) is 9.64. The predicted octanol–water partition coefficient (Wildman–Crippen LogP) is 1.56. The van der Waals surface area contributed by atoms with Gasteiger partial charge in [-0.2, -0.15) is 0 Å². The zero-order valence-corrected chi connectivity index (χ0v) is 24.2. The molecule has 0 spiro atoms. The minimum absolute atomic E-state index is 0.0270. The van der Waals surface area contributed by atoms with Crippen LogP contribution in [0, 0.1) is 16.6 Å². The van der Waals surface area contributed by atoms with Crippen molar-refractivity contribution in [1.29, 1.82) is 0 Å². The van der Waals surface area contributed by atoms with E-state index in [1.165, 1.54) is 22.7 Å². The van der Waals surface area contributed by atoms with E-state index in [0.717, 1.165) is 12.1 Å². The van der Waals surface area contributed by atoms with Crippen molar-refractivity contribution in [2.45, 2.75) is 58.0 Å². The van der Waals surface area contributed by atoms with E-state index >= 15 is 0 Å². The largest absolute Gasteiger partial charge is 0.481 e. The summed E-state index contributed by atoms with van der Waals surface area (Å²) in [5.41, 5.74) is 2.00. The highest BCUT2D eigenvalue weighted by atomic mass is 19.1. The van der Waals surface area contributed by atoms with Gasteiger partial charge in [0.25, 0.3) is 28.2 Å². The van der Waals surface area contributed by atoms with Gasteiger partial charge in [0, 0.05) is 24.7 Å². The molecule has 3 fully saturated rings. The number of nitrogens with zero attached hydrogens (tertiary/aromatic N) is 2. The Bertz CT molecular complexity index is 2000. The van der Waals surface area contributed by atoms with Crippen LogP contribution in [0.15, 0.2) is 44.7 Å². The lowest BCUT2D eigenvalue weighted by Gasteiger charge is -2.54. The van der Waals surface area contributed by atoms with Crippen LogP contribution in [-0.4, -0.2) is 43.5 Å². The number of hydrogen-bond acceptors (Lipinski definition) is 9. The molecule has 2 aromatic heterocycles. The maximum Gasteiger partial charge on any atom is 0.309 e. The molecule has 3 aliphatic rings. The number of aromatic nitrogens is 3. The number of hydrogen-bond donors (Lipinski definition) is 6. The summed E-state index contributed by atoms with van der Waals surface area (Å²) in [5.74, 6) is -2.70. The molecule has 7 rings (SSSR count). The minimum atomic E-state index is -0.859. The average Bonchev–Trinajstić information content (AvgIpc) is 3.43. The zero-order valence-electron chi connectivity index (χ0n) is 24.2. The van der Waals surface area contributed by atoms with E-state index in [0.29, 0.717) is 44.1 Å². The van der Waals surface area contributed by atoms with Crippen molar-refractivity contribution in [3.05, 3.63) is 83.9 Å². The summed E-state index contributed by atoms with van der Waals surface area (Å²) < 4.78 is 15.6. The van der Waals surface area contributed by atoms with E-state index in [2.05, 4.69) is 26.0 Å². The number of rotatable bonds is 9. The number of benzene rings is 1. The fraction of sp³-hybridized carbons (Fsp3) is 0.367. The third kappa shape index (κ3) is 5.03. The summed E-state index contributed by atoms with van der Waals surface area (Å²) in [4.78, 5) is 78.0. The molecule has 234 valence electrons. The van der Waals surface area contributed by atoms with Gasteiger partial charge in [0.2, 0.25) is 0 Å². The molecule has 2 amide bonds. The van der Waals surface area contributed by atoms with Crippen molar-refractivity contribution < 1.29 is 23.9 Å². The van der Waals surface area contributed by atoms with E-state index in [-0.39, 0.29) is 52.1 Å². The smallest absolute Gasteiger partial charge is 0.309 e. The molecule has 0 radical (unpaired) electrons. The lowest BCUT2D eigenvalue weighted by Crippen LogP contribution is -2.54. The number of carboxylic acids is 1. The Labute approximate surface area is 253 Å². The first-order chi connectivity index (χ1) is 21.3. The van der Waals surface area contributed by atoms with E-state index in [4.69, 9.17) is 5.73 Å². The van der Waals surface area contributed by atoms with Crippen LogP contribution in [0.5, 0.6) is 0 Å². The second-order valence-electron chi connectivity index (χ2n) is 12.1. The number of anilines is 3. The Hall–Kier alpha value is -5.34. The lowest BCUT2D eigenvalue weighted by molar-refractivity contribution is -0.159.